The van der Waals surface area contributed by atoms with Crippen molar-refractivity contribution in [2.45, 2.75) is 13.1 Å². The van der Waals surface area contributed by atoms with E-state index in [1.54, 1.807) is 6.20 Å². The molecule has 0 saturated heterocycles. The van der Waals surface area contributed by atoms with Gasteiger partial charge in [0, 0.05) is 49.1 Å². The number of aryl methyl sites for hydroxylation is 1. The Balaban J connectivity index is 1.75. The maximum Gasteiger partial charge on any atom is 0.0490 e. The maximum atomic E-state index is 3.93. The molecule has 0 amide bonds. The number of rotatable bonds is 4. The Morgan fingerprint density at radius 3 is 2.94 bits per heavy atom. The highest BCUT2D eigenvalue weighted by Gasteiger charge is 2.05. The quantitative estimate of drug-likeness (QED) is 0.734. The first-order valence-electron chi connectivity index (χ1n) is 6.06. The van der Waals surface area contributed by atoms with E-state index in [2.05, 4.69) is 57.6 Å². The smallest absolute Gasteiger partial charge is 0.0490 e. The summed E-state index contributed by atoms with van der Waals surface area (Å²) in [4.78, 5) is 0. The minimum atomic E-state index is 0.809. The highest BCUT2D eigenvalue weighted by Crippen LogP contribution is 2.19. The van der Waals surface area contributed by atoms with E-state index < -0.39 is 0 Å². The average molecular weight is 240 g/mol. The van der Waals surface area contributed by atoms with Crippen molar-refractivity contribution in [2.75, 3.05) is 0 Å². The maximum absolute atomic E-state index is 3.93. The van der Waals surface area contributed by atoms with Gasteiger partial charge in [0.2, 0.25) is 0 Å². The number of hydrogen-bond acceptors (Lipinski definition) is 2. The molecule has 2 heterocycles. The van der Waals surface area contributed by atoms with Gasteiger partial charge in [-0.1, -0.05) is 18.2 Å². The third-order valence-electron chi connectivity index (χ3n) is 3.17. The number of H-pyrrole nitrogens is 1. The highest BCUT2D eigenvalue weighted by molar-refractivity contribution is 5.83. The SMILES string of the molecule is Cn1cc(CNCc2ccn[nH]2)c2ccccc21. The summed E-state index contributed by atoms with van der Waals surface area (Å²) in [7, 11) is 2.08. The predicted molar refractivity (Wildman–Crippen MR) is 72.1 cm³/mol. The van der Waals surface area contributed by atoms with Crippen LogP contribution in [0.5, 0.6) is 0 Å². The van der Waals surface area contributed by atoms with Crippen LogP contribution in [0, 0.1) is 0 Å². The van der Waals surface area contributed by atoms with Gasteiger partial charge in [-0.3, -0.25) is 5.10 Å². The second-order valence-corrected chi connectivity index (χ2v) is 4.47. The summed E-state index contributed by atoms with van der Waals surface area (Å²) in [6.45, 7) is 1.67. The van der Waals surface area contributed by atoms with Gasteiger partial charge in [-0.05, 0) is 17.7 Å². The minimum Gasteiger partial charge on any atom is -0.350 e. The van der Waals surface area contributed by atoms with E-state index in [1.807, 2.05) is 6.07 Å². The third-order valence-corrected chi connectivity index (χ3v) is 3.17. The molecule has 0 radical (unpaired) electrons. The molecule has 3 aromatic rings. The lowest BCUT2D eigenvalue weighted by atomic mass is 10.2. The molecule has 2 N–H and O–H groups in total. The van der Waals surface area contributed by atoms with E-state index in [-0.39, 0.29) is 0 Å². The van der Waals surface area contributed by atoms with Crippen LogP contribution in [-0.4, -0.2) is 14.8 Å². The molecule has 0 aliphatic carbocycles. The van der Waals surface area contributed by atoms with Gasteiger partial charge in [0.05, 0.1) is 0 Å². The van der Waals surface area contributed by atoms with Gasteiger partial charge in [0.15, 0.2) is 0 Å². The molecule has 3 rings (SSSR count). The lowest BCUT2D eigenvalue weighted by Gasteiger charge is -2.01. The summed E-state index contributed by atoms with van der Waals surface area (Å²) in [6.07, 6.45) is 3.96. The lowest BCUT2D eigenvalue weighted by Crippen LogP contribution is -2.12. The fraction of sp³-hybridized carbons (Fsp3) is 0.214. The van der Waals surface area contributed by atoms with Gasteiger partial charge in [0.1, 0.15) is 0 Å². The van der Waals surface area contributed by atoms with Crippen LogP contribution in [0.2, 0.25) is 0 Å². The van der Waals surface area contributed by atoms with Crippen LogP contribution in [0.25, 0.3) is 10.9 Å². The molecule has 4 heteroatoms. The first-order valence-corrected chi connectivity index (χ1v) is 6.06. The van der Waals surface area contributed by atoms with Crippen LogP contribution in [0.1, 0.15) is 11.3 Å². The van der Waals surface area contributed by atoms with E-state index in [9.17, 15) is 0 Å². The largest absolute Gasteiger partial charge is 0.350 e. The normalized spacial score (nSPS) is 11.2. The molecule has 0 aliphatic heterocycles. The first-order chi connectivity index (χ1) is 8.84. The van der Waals surface area contributed by atoms with E-state index in [1.165, 1.54) is 16.5 Å². The van der Waals surface area contributed by atoms with Crippen molar-refractivity contribution in [1.29, 1.82) is 0 Å². The number of benzene rings is 1. The Hall–Kier alpha value is -2.07. The number of nitrogens with zero attached hydrogens (tertiary/aromatic N) is 2. The number of aromatic amines is 1. The van der Waals surface area contributed by atoms with Crippen molar-refractivity contribution in [1.82, 2.24) is 20.1 Å². The second kappa shape index (κ2) is 4.66. The Morgan fingerprint density at radius 2 is 2.11 bits per heavy atom. The summed E-state index contributed by atoms with van der Waals surface area (Å²) < 4.78 is 2.17. The van der Waals surface area contributed by atoms with Crippen LogP contribution in [0.4, 0.5) is 0 Å². The lowest BCUT2D eigenvalue weighted by molar-refractivity contribution is 0.678. The molecule has 1 aromatic carbocycles. The van der Waals surface area contributed by atoms with E-state index in [0.29, 0.717) is 0 Å². The van der Waals surface area contributed by atoms with Gasteiger partial charge >= 0.3 is 0 Å². The van der Waals surface area contributed by atoms with Crippen molar-refractivity contribution in [2.24, 2.45) is 7.05 Å². The zero-order chi connectivity index (χ0) is 12.4. The fourth-order valence-electron chi connectivity index (χ4n) is 2.28. The molecule has 0 aliphatic rings. The molecular formula is C14H16N4. The number of aromatic nitrogens is 3. The van der Waals surface area contributed by atoms with E-state index in [0.717, 1.165) is 18.8 Å². The molecule has 0 spiro atoms. The van der Waals surface area contributed by atoms with Crippen LogP contribution in [0.15, 0.2) is 42.7 Å². The summed E-state index contributed by atoms with van der Waals surface area (Å²) >= 11 is 0. The monoisotopic (exact) mass is 240 g/mol. The van der Waals surface area contributed by atoms with Crippen molar-refractivity contribution < 1.29 is 0 Å². The van der Waals surface area contributed by atoms with Gasteiger partial charge in [-0.25, -0.2) is 0 Å². The Bertz CT molecular complexity index is 637. The topological polar surface area (TPSA) is 45.6 Å². The average Bonchev–Trinajstić information content (AvgIpc) is 3.00. The van der Waals surface area contributed by atoms with Crippen LogP contribution < -0.4 is 5.32 Å². The molecule has 0 bridgehead atoms. The van der Waals surface area contributed by atoms with Crippen molar-refractivity contribution in [3.63, 3.8) is 0 Å². The fourth-order valence-corrected chi connectivity index (χ4v) is 2.28. The highest BCUT2D eigenvalue weighted by atomic mass is 15.1. The van der Waals surface area contributed by atoms with E-state index >= 15 is 0 Å². The van der Waals surface area contributed by atoms with E-state index in [4.69, 9.17) is 0 Å². The molecule has 92 valence electrons. The standard InChI is InChI=1S/C14H16N4/c1-18-10-11(13-4-2-3-5-14(13)18)8-15-9-12-6-7-16-17-12/h2-7,10,15H,8-9H2,1H3,(H,16,17). The molecule has 2 aromatic heterocycles. The Kier molecular flexibility index (Phi) is 2.86. The summed E-state index contributed by atoms with van der Waals surface area (Å²) in [5.41, 5.74) is 3.71. The molecule has 0 atom stereocenters. The van der Waals surface area contributed by atoms with Gasteiger partial charge in [0.25, 0.3) is 0 Å². The number of hydrogen-bond donors (Lipinski definition) is 2. The van der Waals surface area contributed by atoms with Crippen molar-refractivity contribution in [3.8, 4) is 0 Å². The second-order valence-electron chi connectivity index (χ2n) is 4.47. The van der Waals surface area contributed by atoms with Gasteiger partial charge in [-0.2, -0.15) is 5.10 Å². The number of para-hydroxylation sites is 1. The molecule has 18 heavy (non-hydrogen) atoms. The van der Waals surface area contributed by atoms with Gasteiger partial charge in [-0.15, -0.1) is 0 Å². The molecule has 4 nitrogen and oxygen atoms in total. The zero-order valence-corrected chi connectivity index (χ0v) is 10.4. The Morgan fingerprint density at radius 1 is 1.22 bits per heavy atom. The summed E-state index contributed by atoms with van der Waals surface area (Å²) in [6, 6.07) is 10.5. The van der Waals surface area contributed by atoms with Crippen molar-refractivity contribution in [3.05, 3.63) is 54.0 Å². The Labute approximate surface area is 106 Å². The van der Waals surface area contributed by atoms with Gasteiger partial charge < -0.3 is 9.88 Å². The minimum absolute atomic E-state index is 0.809. The zero-order valence-electron chi connectivity index (χ0n) is 10.4. The van der Waals surface area contributed by atoms with Crippen LogP contribution in [-0.2, 0) is 20.1 Å². The first kappa shape index (κ1) is 11.0. The third kappa shape index (κ3) is 2.02. The molecule has 0 unspecified atom stereocenters. The van der Waals surface area contributed by atoms with Crippen molar-refractivity contribution >= 4 is 10.9 Å². The summed E-state index contributed by atoms with van der Waals surface area (Å²) in [5.74, 6) is 0. The van der Waals surface area contributed by atoms with Crippen LogP contribution in [0.3, 0.4) is 0 Å². The van der Waals surface area contributed by atoms with Crippen LogP contribution >= 0.6 is 0 Å². The number of nitrogens with one attached hydrogen (secondary N) is 2. The predicted octanol–water partition coefficient (Wildman–Crippen LogP) is 2.19. The molecular weight excluding hydrogens is 224 g/mol. The molecule has 0 fully saturated rings. The summed E-state index contributed by atoms with van der Waals surface area (Å²) in [5, 5.41) is 11.6. The number of fused-ring (bicyclic) bond motifs is 1. The molecule has 0 saturated carbocycles.